The monoisotopic (exact) mass is 293 g/mol. The van der Waals surface area contributed by atoms with Crippen LogP contribution >= 0.6 is 0 Å². The van der Waals surface area contributed by atoms with Gasteiger partial charge in [0.15, 0.2) is 6.61 Å². The lowest BCUT2D eigenvalue weighted by molar-refractivity contribution is -0.133. The summed E-state index contributed by atoms with van der Waals surface area (Å²) in [6.07, 6.45) is 0. The number of carbonyl (C=O) groups excluding carboxylic acids is 2. The highest BCUT2D eigenvalue weighted by Crippen LogP contribution is 2.17. The molecule has 0 unspecified atom stereocenters. The summed E-state index contributed by atoms with van der Waals surface area (Å²) < 4.78 is 5.48. The van der Waals surface area contributed by atoms with Crippen LogP contribution < -0.4 is 15.4 Å². The minimum atomic E-state index is -0.131. The maximum atomic E-state index is 11.8. The van der Waals surface area contributed by atoms with Gasteiger partial charge >= 0.3 is 0 Å². The van der Waals surface area contributed by atoms with Crippen molar-refractivity contribution in [1.82, 2.24) is 10.2 Å². The van der Waals surface area contributed by atoms with E-state index in [9.17, 15) is 9.59 Å². The van der Waals surface area contributed by atoms with E-state index in [1.54, 1.807) is 36.2 Å². The highest BCUT2D eigenvalue weighted by atomic mass is 16.5. The molecular formula is C15H23N3O3. The summed E-state index contributed by atoms with van der Waals surface area (Å²) in [4.78, 5) is 25.0. The Balaban J connectivity index is 2.56. The lowest BCUT2D eigenvalue weighted by Gasteiger charge is -2.18. The first-order chi connectivity index (χ1) is 10.1. The largest absolute Gasteiger partial charge is 0.484 e. The summed E-state index contributed by atoms with van der Waals surface area (Å²) in [5.41, 5.74) is 0.642. The standard InChI is InChI=1S/C15H23N3O3/c1-4-18(5-2)15(20)11-21-13-8-6-7-12(9-13)17-14(19)10-16-3/h6-9,16H,4-5,10-11H2,1-3H3,(H,17,19). The number of nitrogens with zero attached hydrogens (tertiary/aromatic N) is 1. The van der Waals surface area contributed by atoms with Gasteiger partial charge in [-0.05, 0) is 33.0 Å². The normalized spacial score (nSPS) is 10.0. The molecule has 0 aromatic heterocycles. The van der Waals surface area contributed by atoms with Gasteiger partial charge in [-0.25, -0.2) is 0 Å². The van der Waals surface area contributed by atoms with Gasteiger partial charge in [0.1, 0.15) is 5.75 Å². The predicted molar refractivity (Wildman–Crippen MR) is 82.4 cm³/mol. The fourth-order valence-corrected chi connectivity index (χ4v) is 1.84. The fourth-order valence-electron chi connectivity index (χ4n) is 1.84. The number of ether oxygens (including phenoxy) is 1. The van der Waals surface area contributed by atoms with Gasteiger partial charge in [-0.2, -0.15) is 0 Å². The predicted octanol–water partition coefficient (Wildman–Crippen LogP) is 1.09. The Kier molecular flexibility index (Phi) is 7.25. The smallest absolute Gasteiger partial charge is 0.260 e. The fraction of sp³-hybridized carbons (Fsp3) is 0.467. The van der Waals surface area contributed by atoms with Crippen LogP contribution in [0.15, 0.2) is 24.3 Å². The molecule has 6 heteroatoms. The third kappa shape index (κ3) is 5.83. The van der Waals surface area contributed by atoms with Gasteiger partial charge in [0, 0.05) is 24.8 Å². The third-order valence-electron chi connectivity index (χ3n) is 2.93. The van der Waals surface area contributed by atoms with E-state index in [2.05, 4.69) is 10.6 Å². The molecule has 1 aromatic carbocycles. The maximum absolute atomic E-state index is 11.8. The molecule has 0 spiro atoms. The van der Waals surface area contributed by atoms with Gasteiger partial charge in [-0.3, -0.25) is 9.59 Å². The molecule has 0 bridgehead atoms. The molecule has 0 atom stereocenters. The van der Waals surface area contributed by atoms with E-state index in [0.717, 1.165) is 0 Å². The second-order valence-corrected chi connectivity index (χ2v) is 4.46. The van der Waals surface area contributed by atoms with E-state index in [0.29, 0.717) is 24.5 Å². The van der Waals surface area contributed by atoms with Crippen LogP contribution in [0.5, 0.6) is 5.75 Å². The highest BCUT2D eigenvalue weighted by Gasteiger charge is 2.10. The number of hydrogen-bond donors (Lipinski definition) is 2. The summed E-state index contributed by atoms with van der Waals surface area (Å²) in [7, 11) is 1.71. The van der Waals surface area contributed by atoms with E-state index in [1.165, 1.54) is 0 Å². The number of rotatable bonds is 8. The zero-order valence-electron chi connectivity index (χ0n) is 12.8. The Labute approximate surface area is 125 Å². The number of benzene rings is 1. The van der Waals surface area contributed by atoms with Crippen LogP contribution in [0.4, 0.5) is 5.69 Å². The topological polar surface area (TPSA) is 70.7 Å². The van der Waals surface area contributed by atoms with Gasteiger partial charge in [0.2, 0.25) is 5.91 Å². The van der Waals surface area contributed by atoms with Gasteiger partial charge in [-0.1, -0.05) is 6.07 Å². The van der Waals surface area contributed by atoms with E-state index in [1.807, 2.05) is 13.8 Å². The Morgan fingerprint density at radius 1 is 1.24 bits per heavy atom. The van der Waals surface area contributed by atoms with Gasteiger partial charge in [-0.15, -0.1) is 0 Å². The molecule has 1 rings (SSSR count). The number of nitrogens with one attached hydrogen (secondary N) is 2. The molecular weight excluding hydrogens is 270 g/mol. The summed E-state index contributed by atoms with van der Waals surface area (Å²) in [6.45, 7) is 5.43. The van der Waals surface area contributed by atoms with Gasteiger partial charge < -0.3 is 20.3 Å². The Morgan fingerprint density at radius 3 is 2.57 bits per heavy atom. The molecule has 0 aliphatic rings. The SMILES string of the molecule is CCN(CC)C(=O)COc1cccc(NC(=O)CNC)c1. The summed E-state index contributed by atoms with van der Waals surface area (Å²) in [5.74, 6) is 0.372. The molecule has 0 fully saturated rings. The lowest BCUT2D eigenvalue weighted by Crippen LogP contribution is -2.34. The lowest BCUT2D eigenvalue weighted by atomic mass is 10.3. The molecule has 0 saturated heterocycles. The van der Waals surface area contributed by atoms with Crippen LogP contribution in [0, 0.1) is 0 Å². The molecule has 0 aliphatic carbocycles. The second-order valence-electron chi connectivity index (χ2n) is 4.46. The van der Waals surface area contributed by atoms with Crippen molar-refractivity contribution in [3.63, 3.8) is 0 Å². The van der Waals surface area contributed by atoms with E-state index in [-0.39, 0.29) is 25.0 Å². The molecule has 21 heavy (non-hydrogen) atoms. The first-order valence-electron chi connectivity index (χ1n) is 7.05. The Bertz CT molecular complexity index is 473. The van der Waals surface area contributed by atoms with Crippen LogP contribution in [-0.2, 0) is 9.59 Å². The molecule has 6 nitrogen and oxygen atoms in total. The number of anilines is 1. The minimum Gasteiger partial charge on any atom is -0.484 e. The van der Waals surface area contributed by atoms with Crippen molar-refractivity contribution in [2.45, 2.75) is 13.8 Å². The zero-order chi connectivity index (χ0) is 15.7. The molecule has 1 aromatic rings. The van der Waals surface area contributed by atoms with Crippen LogP contribution in [0.3, 0.4) is 0 Å². The Hall–Kier alpha value is -2.08. The number of likely N-dealkylation sites (N-methyl/N-ethyl adjacent to an activating group) is 2. The van der Waals surface area contributed by atoms with Crippen molar-refractivity contribution < 1.29 is 14.3 Å². The first kappa shape index (κ1) is 17.0. The molecule has 2 amide bonds. The molecule has 0 heterocycles. The quantitative estimate of drug-likeness (QED) is 0.753. The molecule has 0 saturated carbocycles. The molecule has 116 valence electrons. The van der Waals surface area contributed by atoms with Crippen LogP contribution in [-0.4, -0.2) is 50.0 Å². The van der Waals surface area contributed by atoms with Crippen molar-refractivity contribution in [1.29, 1.82) is 0 Å². The van der Waals surface area contributed by atoms with Crippen molar-refractivity contribution >= 4 is 17.5 Å². The third-order valence-corrected chi connectivity index (χ3v) is 2.93. The first-order valence-corrected chi connectivity index (χ1v) is 7.05. The minimum absolute atomic E-state index is 0.00437. The summed E-state index contributed by atoms with van der Waals surface area (Å²) in [6, 6.07) is 6.99. The van der Waals surface area contributed by atoms with Crippen LogP contribution in [0.25, 0.3) is 0 Å². The van der Waals surface area contributed by atoms with Crippen molar-refractivity contribution in [3.05, 3.63) is 24.3 Å². The summed E-state index contributed by atoms with van der Waals surface area (Å²) >= 11 is 0. The van der Waals surface area contributed by atoms with Gasteiger partial charge in [0.25, 0.3) is 5.91 Å². The van der Waals surface area contributed by atoms with E-state index < -0.39 is 0 Å². The van der Waals surface area contributed by atoms with Crippen LogP contribution in [0.2, 0.25) is 0 Å². The summed E-state index contributed by atoms with van der Waals surface area (Å²) in [5, 5.41) is 5.51. The van der Waals surface area contributed by atoms with E-state index in [4.69, 9.17) is 4.74 Å². The maximum Gasteiger partial charge on any atom is 0.260 e. The molecule has 0 aliphatic heterocycles. The Morgan fingerprint density at radius 2 is 1.95 bits per heavy atom. The molecule has 0 radical (unpaired) electrons. The van der Waals surface area contributed by atoms with Crippen LogP contribution in [0.1, 0.15) is 13.8 Å². The van der Waals surface area contributed by atoms with Crippen molar-refractivity contribution in [2.75, 3.05) is 38.6 Å². The van der Waals surface area contributed by atoms with Crippen molar-refractivity contribution in [3.8, 4) is 5.75 Å². The zero-order valence-corrected chi connectivity index (χ0v) is 12.8. The molecule has 2 N–H and O–H groups in total. The number of hydrogen-bond acceptors (Lipinski definition) is 4. The van der Waals surface area contributed by atoms with Gasteiger partial charge in [0.05, 0.1) is 6.54 Å². The average Bonchev–Trinajstić information content (AvgIpc) is 2.47. The van der Waals surface area contributed by atoms with Crippen molar-refractivity contribution in [2.24, 2.45) is 0 Å². The number of amides is 2. The highest BCUT2D eigenvalue weighted by molar-refractivity contribution is 5.92. The number of carbonyl (C=O) groups is 2. The van der Waals surface area contributed by atoms with E-state index >= 15 is 0 Å². The average molecular weight is 293 g/mol. The second kappa shape index (κ2) is 8.97.